The van der Waals surface area contributed by atoms with E-state index >= 15 is 0 Å². The Morgan fingerprint density at radius 2 is 1.89 bits per heavy atom. The quantitative estimate of drug-likeness (QED) is 0.671. The van der Waals surface area contributed by atoms with Crippen molar-refractivity contribution in [2.75, 3.05) is 32.1 Å². The third-order valence-electron chi connectivity index (χ3n) is 4.03. The van der Waals surface area contributed by atoms with Gasteiger partial charge in [0.25, 0.3) is 0 Å². The summed E-state index contributed by atoms with van der Waals surface area (Å²) in [4.78, 5) is 17.0. The van der Waals surface area contributed by atoms with Crippen molar-refractivity contribution < 1.29 is 0 Å². The van der Waals surface area contributed by atoms with Gasteiger partial charge in [-0.1, -0.05) is 0 Å². The van der Waals surface area contributed by atoms with E-state index < -0.39 is 0 Å². The average molecular weight is 328 g/mol. The summed E-state index contributed by atoms with van der Waals surface area (Å²) >= 11 is 1.45. The first kappa shape index (κ1) is 14.7. The van der Waals surface area contributed by atoms with Crippen LogP contribution in [0.3, 0.4) is 0 Å². The van der Waals surface area contributed by atoms with Gasteiger partial charge in [-0.2, -0.15) is 0 Å². The first-order chi connectivity index (χ1) is 9.01. The van der Waals surface area contributed by atoms with Crippen LogP contribution in [-0.2, 0) is 13.1 Å². The van der Waals surface area contributed by atoms with E-state index in [0.717, 1.165) is 36.3 Å². The minimum absolute atomic E-state index is 0.188. The number of hydrogen-bond acceptors (Lipinski definition) is 3. The molecule has 19 heavy (non-hydrogen) atoms. The zero-order valence-corrected chi connectivity index (χ0v) is 14.8. The summed E-state index contributed by atoms with van der Waals surface area (Å²) in [5.74, 6) is 1.15. The molecule has 2 unspecified atom stereocenters. The topological polar surface area (TPSA) is 33.4 Å². The van der Waals surface area contributed by atoms with E-state index in [1.807, 2.05) is 11.6 Å². The molecule has 2 heterocycles. The zero-order chi connectivity index (χ0) is 14.2. The molecule has 0 N–H and O–H groups in total. The molecule has 0 aromatic carbocycles. The standard InChI is InChI=1S/C13H25AsN4O/c1-5-17-12(11(14)13(19)18(17)6-2)16-8-7-10(9-16)15(3)4/h10H,5-9,14H2,1-4H3. The van der Waals surface area contributed by atoms with Crippen molar-refractivity contribution in [2.24, 2.45) is 0 Å². The number of aromatic nitrogens is 2. The minimum atomic E-state index is 0.188. The second kappa shape index (κ2) is 5.76. The van der Waals surface area contributed by atoms with Crippen molar-refractivity contribution in [2.45, 2.75) is 39.4 Å². The van der Waals surface area contributed by atoms with Gasteiger partial charge >= 0.3 is 123 Å². The van der Waals surface area contributed by atoms with Crippen LogP contribution < -0.4 is 14.8 Å². The molecule has 0 amide bonds. The van der Waals surface area contributed by atoms with Crippen LogP contribution >= 0.6 is 0 Å². The van der Waals surface area contributed by atoms with Crippen LogP contribution in [0.5, 0.6) is 0 Å². The Kier molecular flexibility index (Phi) is 4.46. The Bertz CT molecular complexity index is 505. The van der Waals surface area contributed by atoms with Crippen LogP contribution in [0.25, 0.3) is 0 Å². The zero-order valence-electron chi connectivity index (χ0n) is 12.4. The Morgan fingerprint density at radius 1 is 1.26 bits per heavy atom. The van der Waals surface area contributed by atoms with Crippen molar-refractivity contribution in [3.8, 4) is 0 Å². The SMILES string of the molecule is CCn1c(N2CCC(N(C)C)C2)c([AsH2])c(=O)n1CC. The molecule has 0 saturated carbocycles. The van der Waals surface area contributed by atoms with E-state index in [0.29, 0.717) is 6.04 Å². The van der Waals surface area contributed by atoms with Gasteiger partial charge in [-0.15, -0.1) is 0 Å². The molecule has 5 nitrogen and oxygen atoms in total. The molecule has 0 bridgehead atoms. The Balaban J connectivity index is 2.38. The molecule has 1 aromatic rings. The molecule has 0 spiro atoms. The molecule has 1 fully saturated rings. The molecule has 6 heteroatoms. The Labute approximate surface area is 123 Å². The summed E-state index contributed by atoms with van der Waals surface area (Å²) < 4.78 is 4.97. The summed E-state index contributed by atoms with van der Waals surface area (Å²) in [5, 5.41) is 0. The fourth-order valence-electron chi connectivity index (χ4n) is 2.92. The molecule has 0 radical (unpaired) electrons. The number of likely N-dealkylation sites (N-methyl/N-ethyl adjacent to an activating group) is 1. The maximum absolute atomic E-state index is 12.3. The van der Waals surface area contributed by atoms with Gasteiger partial charge in [0.05, 0.1) is 0 Å². The van der Waals surface area contributed by atoms with Crippen LogP contribution in [-0.4, -0.2) is 64.3 Å². The van der Waals surface area contributed by atoms with Crippen LogP contribution in [0.4, 0.5) is 5.82 Å². The molecule has 0 aliphatic carbocycles. The molecule has 1 aliphatic rings. The molecule has 108 valence electrons. The number of nitrogens with zero attached hydrogens (tertiary/aromatic N) is 4. The van der Waals surface area contributed by atoms with Gasteiger partial charge in [0, 0.05) is 0 Å². The summed E-state index contributed by atoms with van der Waals surface area (Å²) in [6, 6.07) is 0.595. The number of anilines is 1. The number of hydrogen-bond donors (Lipinski definition) is 0. The second-order valence-corrected chi connectivity index (χ2v) is 6.54. The molecule has 1 aliphatic heterocycles. The van der Waals surface area contributed by atoms with Crippen molar-refractivity contribution in [3.05, 3.63) is 10.4 Å². The van der Waals surface area contributed by atoms with Gasteiger partial charge in [-0.3, -0.25) is 0 Å². The van der Waals surface area contributed by atoms with E-state index in [1.54, 1.807) is 0 Å². The summed E-state index contributed by atoms with van der Waals surface area (Å²) in [6.45, 7) is 7.82. The van der Waals surface area contributed by atoms with Gasteiger partial charge in [-0.25, -0.2) is 0 Å². The van der Waals surface area contributed by atoms with E-state index in [2.05, 4.69) is 35.5 Å². The van der Waals surface area contributed by atoms with Crippen LogP contribution in [0.1, 0.15) is 20.3 Å². The first-order valence-electron chi connectivity index (χ1n) is 7.01. The van der Waals surface area contributed by atoms with Crippen molar-refractivity contribution in [1.29, 1.82) is 0 Å². The molecular formula is C13H25AsN4O. The maximum atomic E-state index is 12.3. The summed E-state index contributed by atoms with van der Waals surface area (Å²) in [7, 11) is 4.27. The fraction of sp³-hybridized carbons (Fsp3) is 0.769. The summed E-state index contributed by atoms with van der Waals surface area (Å²) in [5.41, 5.74) is 0.188. The molecular weight excluding hydrogens is 303 g/mol. The van der Waals surface area contributed by atoms with Gasteiger partial charge in [0.15, 0.2) is 0 Å². The normalized spacial score (nSPS) is 19.7. The first-order valence-corrected chi connectivity index (χ1v) is 8.22. The van der Waals surface area contributed by atoms with Crippen molar-refractivity contribution >= 4 is 27.0 Å². The monoisotopic (exact) mass is 328 g/mol. The third-order valence-corrected chi connectivity index (χ3v) is 5.09. The van der Waals surface area contributed by atoms with E-state index in [4.69, 9.17) is 0 Å². The van der Waals surface area contributed by atoms with Crippen LogP contribution in [0.2, 0.25) is 0 Å². The van der Waals surface area contributed by atoms with Crippen LogP contribution in [0.15, 0.2) is 4.79 Å². The predicted octanol–water partition coefficient (Wildman–Crippen LogP) is -0.912. The van der Waals surface area contributed by atoms with Gasteiger partial charge < -0.3 is 0 Å². The van der Waals surface area contributed by atoms with E-state index in [1.165, 1.54) is 23.3 Å². The Hall–Kier alpha value is -0.672. The predicted molar refractivity (Wildman–Crippen MR) is 82.5 cm³/mol. The second-order valence-electron chi connectivity index (χ2n) is 5.33. The third kappa shape index (κ3) is 2.50. The number of rotatable bonds is 4. The van der Waals surface area contributed by atoms with E-state index in [9.17, 15) is 4.79 Å². The van der Waals surface area contributed by atoms with Gasteiger partial charge in [0.2, 0.25) is 0 Å². The molecule has 1 aromatic heterocycles. The molecule has 1 saturated heterocycles. The Morgan fingerprint density at radius 3 is 2.37 bits per heavy atom. The van der Waals surface area contributed by atoms with Crippen molar-refractivity contribution in [1.82, 2.24) is 14.3 Å². The molecule has 2 atom stereocenters. The van der Waals surface area contributed by atoms with Gasteiger partial charge in [-0.05, 0) is 0 Å². The fourth-order valence-corrected chi connectivity index (χ4v) is 3.93. The van der Waals surface area contributed by atoms with Gasteiger partial charge in [0.1, 0.15) is 0 Å². The molecule has 2 rings (SSSR count). The summed E-state index contributed by atoms with van der Waals surface area (Å²) in [6.07, 6.45) is 1.18. The van der Waals surface area contributed by atoms with Crippen LogP contribution in [0, 0.1) is 0 Å². The van der Waals surface area contributed by atoms with E-state index in [-0.39, 0.29) is 5.56 Å². The average Bonchev–Trinajstić information content (AvgIpc) is 2.94. The van der Waals surface area contributed by atoms with Crippen molar-refractivity contribution in [3.63, 3.8) is 0 Å².